The first-order chi connectivity index (χ1) is 9.85. The molecule has 1 aromatic carbocycles. The van der Waals surface area contributed by atoms with Crippen molar-refractivity contribution in [2.45, 2.75) is 25.2 Å². The van der Waals surface area contributed by atoms with Gasteiger partial charge in [0, 0.05) is 23.9 Å². The summed E-state index contributed by atoms with van der Waals surface area (Å²) in [6.07, 6.45) is 6.81. The van der Waals surface area contributed by atoms with Crippen LogP contribution in [0.4, 0.5) is 0 Å². The molecule has 1 unspecified atom stereocenters. The first-order valence-corrected chi connectivity index (χ1v) is 6.85. The van der Waals surface area contributed by atoms with Gasteiger partial charge >= 0.3 is 0 Å². The fourth-order valence-electron chi connectivity index (χ4n) is 2.99. The lowest BCUT2D eigenvalue weighted by Crippen LogP contribution is -2.14. The molecule has 0 bridgehead atoms. The van der Waals surface area contributed by atoms with Crippen molar-refractivity contribution in [1.29, 1.82) is 0 Å². The number of benzene rings is 1. The zero-order valence-corrected chi connectivity index (χ0v) is 13.0. The van der Waals surface area contributed by atoms with Crippen molar-refractivity contribution in [3.05, 3.63) is 47.5 Å². The average molecular weight is 307 g/mol. The second-order valence-corrected chi connectivity index (χ2v) is 4.92. The molecule has 1 heterocycles. The highest BCUT2D eigenvalue weighted by molar-refractivity contribution is 5.85. The maximum Gasteiger partial charge on any atom is 0.164 e. The fraction of sp³-hybridized carbons (Fsp3) is 0.375. The summed E-state index contributed by atoms with van der Waals surface area (Å²) in [4.78, 5) is 8.83. The van der Waals surface area contributed by atoms with E-state index in [9.17, 15) is 0 Å². The van der Waals surface area contributed by atoms with Crippen LogP contribution in [0.1, 0.15) is 35.7 Å². The second kappa shape index (κ2) is 6.76. The molecule has 3 rings (SSSR count). The molecule has 0 N–H and O–H groups in total. The highest BCUT2D eigenvalue weighted by Crippen LogP contribution is 2.43. The number of ether oxygens (including phenoxy) is 2. The van der Waals surface area contributed by atoms with Gasteiger partial charge in [0.1, 0.15) is 5.82 Å². The van der Waals surface area contributed by atoms with E-state index in [1.54, 1.807) is 26.6 Å². The Morgan fingerprint density at radius 2 is 1.86 bits per heavy atom. The summed E-state index contributed by atoms with van der Waals surface area (Å²) in [6, 6.07) is 5.94. The van der Waals surface area contributed by atoms with Crippen LogP contribution in [0, 0.1) is 0 Å². The van der Waals surface area contributed by atoms with Crippen LogP contribution in [0.15, 0.2) is 30.6 Å². The van der Waals surface area contributed by atoms with Crippen molar-refractivity contribution >= 4 is 12.4 Å². The van der Waals surface area contributed by atoms with Crippen LogP contribution >= 0.6 is 12.4 Å². The molecule has 1 aliphatic carbocycles. The number of fused-ring (bicyclic) bond motifs is 1. The lowest BCUT2D eigenvalue weighted by atomic mass is 9.81. The van der Waals surface area contributed by atoms with Crippen LogP contribution in [0.2, 0.25) is 0 Å². The third kappa shape index (κ3) is 2.81. The van der Waals surface area contributed by atoms with E-state index in [1.807, 2.05) is 12.1 Å². The van der Waals surface area contributed by atoms with Crippen molar-refractivity contribution < 1.29 is 9.47 Å². The molecule has 112 valence electrons. The molecule has 5 heteroatoms. The van der Waals surface area contributed by atoms with Gasteiger partial charge < -0.3 is 9.47 Å². The normalized spacial score (nSPS) is 16.6. The van der Waals surface area contributed by atoms with Crippen LogP contribution in [-0.2, 0) is 6.42 Å². The topological polar surface area (TPSA) is 44.2 Å². The molecule has 0 radical (unpaired) electrons. The SMILES string of the molecule is COc1ccc2c(c1OC)CCCC2c1ncccn1.Cl. The summed E-state index contributed by atoms with van der Waals surface area (Å²) in [7, 11) is 3.37. The largest absolute Gasteiger partial charge is 0.493 e. The van der Waals surface area contributed by atoms with E-state index in [1.165, 1.54) is 11.1 Å². The molecule has 4 nitrogen and oxygen atoms in total. The van der Waals surface area contributed by atoms with Crippen LogP contribution < -0.4 is 9.47 Å². The minimum atomic E-state index is 0. The van der Waals surface area contributed by atoms with Crippen molar-refractivity contribution in [2.24, 2.45) is 0 Å². The van der Waals surface area contributed by atoms with Gasteiger partial charge in [0.25, 0.3) is 0 Å². The van der Waals surface area contributed by atoms with E-state index in [0.717, 1.165) is 36.6 Å². The van der Waals surface area contributed by atoms with Gasteiger partial charge in [-0.15, -0.1) is 12.4 Å². The molecule has 0 fully saturated rings. The lowest BCUT2D eigenvalue weighted by molar-refractivity contribution is 0.348. The van der Waals surface area contributed by atoms with Crippen LogP contribution in [0.5, 0.6) is 11.5 Å². The average Bonchev–Trinajstić information content (AvgIpc) is 2.53. The Labute approximate surface area is 130 Å². The summed E-state index contributed by atoms with van der Waals surface area (Å²) < 4.78 is 10.9. The maximum absolute atomic E-state index is 5.55. The van der Waals surface area contributed by atoms with E-state index in [0.29, 0.717) is 0 Å². The summed E-state index contributed by atoms with van der Waals surface area (Å²) in [5, 5.41) is 0. The predicted octanol–water partition coefficient (Wildman–Crippen LogP) is 3.38. The number of nitrogens with zero attached hydrogens (tertiary/aromatic N) is 2. The maximum atomic E-state index is 5.55. The third-order valence-electron chi connectivity index (χ3n) is 3.88. The van der Waals surface area contributed by atoms with E-state index >= 15 is 0 Å². The van der Waals surface area contributed by atoms with E-state index in [2.05, 4.69) is 16.0 Å². The minimum absolute atomic E-state index is 0. The zero-order chi connectivity index (χ0) is 13.9. The van der Waals surface area contributed by atoms with Crippen molar-refractivity contribution in [3.63, 3.8) is 0 Å². The molecular weight excluding hydrogens is 288 g/mol. The number of aromatic nitrogens is 2. The van der Waals surface area contributed by atoms with Crippen LogP contribution in [-0.4, -0.2) is 24.2 Å². The van der Waals surface area contributed by atoms with Crippen LogP contribution in [0.25, 0.3) is 0 Å². The Kier molecular flexibility index (Phi) is 5.02. The molecule has 1 aliphatic rings. The molecular formula is C16H19ClN2O2. The van der Waals surface area contributed by atoms with Gasteiger partial charge in [-0.05, 0) is 37.0 Å². The number of halogens is 1. The van der Waals surface area contributed by atoms with Gasteiger partial charge in [-0.25, -0.2) is 9.97 Å². The van der Waals surface area contributed by atoms with Crippen molar-refractivity contribution in [2.75, 3.05) is 14.2 Å². The quantitative estimate of drug-likeness (QED) is 0.872. The Hall–Kier alpha value is -1.81. The van der Waals surface area contributed by atoms with E-state index < -0.39 is 0 Å². The molecule has 0 saturated heterocycles. The van der Waals surface area contributed by atoms with E-state index in [4.69, 9.17) is 9.47 Å². The van der Waals surface area contributed by atoms with Gasteiger partial charge in [0.15, 0.2) is 11.5 Å². The molecule has 0 spiro atoms. The highest BCUT2D eigenvalue weighted by Gasteiger charge is 2.27. The van der Waals surface area contributed by atoms with Gasteiger partial charge in [0.05, 0.1) is 14.2 Å². The fourth-order valence-corrected chi connectivity index (χ4v) is 2.99. The second-order valence-electron chi connectivity index (χ2n) is 4.92. The van der Waals surface area contributed by atoms with Gasteiger partial charge in [0.2, 0.25) is 0 Å². The molecule has 0 aliphatic heterocycles. The molecule has 2 aromatic rings. The molecule has 21 heavy (non-hydrogen) atoms. The number of methoxy groups -OCH3 is 2. The van der Waals surface area contributed by atoms with Gasteiger partial charge in [-0.2, -0.15) is 0 Å². The molecule has 1 aromatic heterocycles. The molecule has 0 saturated carbocycles. The molecule has 0 amide bonds. The number of rotatable bonds is 3. The predicted molar refractivity (Wildman–Crippen MR) is 83.6 cm³/mol. The Balaban J connectivity index is 0.00000161. The Bertz CT molecular complexity index is 605. The number of hydrogen-bond donors (Lipinski definition) is 0. The van der Waals surface area contributed by atoms with E-state index in [-0.39, 0.29) is 18.3 Å². The minimum Gasteiger partial charge on any atom is -0.493 e. The highest BCUT2D eigenvalue weighted by atomic mass is 35.5. The lowest BCUT2D eigenvalue weighted by Gasteiger charge is -2.26. The first-order valence-electron chi connectivity index (χ1n) is 6.85. The Morgan fingerprint density at radius 3 is 2.52 bits per heavy atom. The number of hydrogen-bond acceptors (Lipinski definition) is 4. The van der Waals surface area contributed by atoms with Crippen molar-refractivity contribution in [3.8, 4) is 11.5 Å². The summed E-state index contributed by atoms with van der Waals surface area (Å²) in [6.45, 7) is 0. The molecule has 1 atom stereocenters. The van der Waals surface area contributed by atoms with Crippen molar-refractivity contribution in [1.82, 2.24) is 9.97 Å². The van der Waals surface area contributed by atoms with Gasteiger partial charge in [-0.3, -0.25) is 0 Å². The van der Waals surface area contributed by atoms with Crippen LogP contribution in [0.3, 0.4) is 0 Å². The smallest absolute Gasteiger partial charge is 0.164 e. The monoisotopic (exact) mass is 306 g/mol. The third-order valence-corrected chi connectivity index (χ3v) is 3.88. The van der Waals surface area contributed by atoms with Gasteiger partial charge in [-0.1, -0.05) is 6.07 Å². The first kappa shape index (κ1) is 15.6. The Morgan fingerprint density at radius 1 is 1.10 bits per heavy atom. The summed E-state index contributed by atoms with van der Waals surface area (Å²) in [5.74, 6) is 2.78. The summed E-state index contributed by atoms with van der Waals surface area (Å²) in [5.41, 5.74) is 2.50. The zero-order valence-electron chi connectivity index (χ0n) is 12.2. The summed E-state index contributed by atoms with van der Waals surface area (Å²) >= 11 is 0. The standard InChI is InChI=1S/C16H18N2O2.ClH/c1-19-14-8-7-11-12(15(14)20-2)5-3-6-13(11)16-17-9-4-10-18-16;/h4,7-10,13H,3,5-6H2,1-2H3;1H.